The molecule has 3 aromatic rings. The number of nitrogens with one attached hydrogen (secondary N) is 2. The minimum atomic E-state index is -0.971. The third kappa shape index (κ3) is 5.20. The van der Waals surface area contributed by atoms with Crippen LogP contribution >= 0.6 is 0 Å². The SMILES string of the molecule is CCCC(=O)Nc1ccc(C(=O)C(C)OC(=O)c2cc(-c3ccccc3)n[nH]2)cc1. The maximum Gasteiger partial charge on any atom is 0.357 e. The molecule has 0 spiro atoms. The third-order valence-electron chi connectivity index (χ3n) is 4.45. The molecule has 1 aromatic heterocycles. The quantitative estimate of drug-likeness (QED) is 0.431. The first kappa shape index (κ1) is 21.0. The molecule has 7 heteroatoms. The van der Waals surface area contributed by atoms with Gasteiger partial charge in [-0.1, -0.05) is 37.3 Å². The fourth-order valence-electron chi connectivity index (χ4n) is 2.86. The zero-order valence-electron chi connectivity index (χ0n) is 16.8. The Labute approximate surface area is 174 Å². The van der Waals surface area contributed by atoms with E-state index in [9.17, 15) is 14.4 Å². The van der Waals surface area contributed by atoms with Crippen molar-refractivity contribution in [2.45, 2.75) is 32.8 Å². The molecule has 2 aromatic carbocycles. The normalized spacial score (nSPS) is 11.5. The van der Waals surface area contributed by atoms with Crippen molar-refractivity contribution >= 4 is 23.3 Å². The number of H-pyrrole nitrogens is 1. The summed E-state index contributed by atoms with van der Waals surface area (Å²) in [4.78, 5) is 36.6. The highest BCUT2D eigenvalue weighted by molar-refractivity contribution is 6.01. The Morgan fingerprint density at radius 2 is 1.77 bits per heavy atom. The largest absolute Gasteiger partial charge is 0.450 e. The Balaban J connectivity index is 1.60. The fraction of sp³-hybridized carbons (Fsp3) is 0.217. The van der Waals surface area contributed by atoms with E-state index in [1.807, 2.05) is 37.3 Å². The molecule has 0 aliphatic carbocycles. The number of ketones is 1. The Bertz CT molecular complexity index is 1030. The maximum atomic E-state index is 12.6. The van der Waals surface area contributed by atoms with Crippen LogP contribution in [0.3, 0.4) is 0 Å². The van der Waals surface area contributed by atoms with Crippen LogP contribution in [0.4, 0.5) is 5.69 Å². The Kier molecular flexibility index (Phi) is 6.75. The van der Waals surface area contributed by atoms with Gasteiger partial charge in [0.25, 0.3) is 0 Å². The monoisotopic (exact) mass is 405 g/mol. The molecule has 1 heterocycles. The number of carbonyl (C=O) groups excluding carboxylic acids is 3. The van der Waals surface area contributed by atoms with Gasteiger partial charge in [0.05, 0.1) is 5.69 Å². The molecule has 0 radical (unpaired) electrons. The predicted molar refractivity (Wildman–Crippen MR) is 113 cm³/mol. The van der Waals surface area contributed by atoms with E-state index in [1.165, 1.54) is 6.92 Å². The smallest absolute Gasteiger partial charge is 0.357 e. The molecule has 30 heavy (non-hydrogen) atoms. The highest BCUT2D eigenvalue weighted by Gasteiger charge is 2.22. The van der Waals surface area contributed by atoms with E-state index in [-0.39, 0.29) is 17.4 Å². The number of amides is 1. The number of aromatic amines is 1. The van der Waals surface area contributed by atoms with Crippen LogP contribution in [0.15, 0.2) is 60.7 Å². The molecule has 3 rings (SSSR count). The topological polar surface area (TPSA) is 101 Å². The van der Waals surface area contributed by atoms with Crippen molar-refractivity contribution in [1.82, 2.24) is 10.2 Å². The number of aromatic nitrogens is 2. The number of hydrogen-bond donors (Lipinski definition) is 2. The van der Waals surface area contributed by atoms with Crippen LogP contribution in [0.1, 0.15) is 47.5 Å². The van der Waals surface area contributed by atoms with Gasteiger partial charge in [-0.2, -0.15) is 5.10 Å². The number of benzene rings is 2. The zero-order chi connectivity index (χ0) is 21.5. The second-order valence-corrected chi connectivity index (χ2v) is 6.82. The van der Waals surface area contributed by atoms with E-state index in [0.717, 1.165) is 12.0 Å². The van der Waals surface area contributed by atoms with Gasteiger partial charge < -0.3 is 10.1 Å². The molecule has 1 atom stereocenters. The molecular weight excluding hydrogens is 382 g/mol. The van der Waals surface area contributed by atoms with E-state index < -0.39 is 12.1 Å². The number of ether oxygens (including phenoxy) is 1. The first-order valence-electron chi connectivity index (χ1n) is 9.74. The molecule has 1 unspecified atom stereocenters. The van der Waals surface area contributed by atoms with Gasteiger partial charge in [0.1, 0.15) is 5.69 Å². The van der Waals surface area contributed by atoms with Gasteiger partial charge in [0, 0.05) is 23.2 Å². The molecule has 0 aliphatic rings. The number of nitrogens with zero attached hydrogens (tertiary/aromatic N) is 1. The molecule has 1 amide bonds. The summed E-state index contributed by atoms with van der Waals surface area (Å²) in [5, 5.41) is 9.53. The number of rotatable bonds is 8. The summed E-state index contributed by atoms with van der Waals surface area (Å²) >= 11 is 0. The minimum absolute atomic E-state index is 0.0756. The molecule has 0 fully saturated rings. The molecule has 154 valence electrons. The van der Waals surface area contributed by atoms with Gasteiger partial charge >= 0.3 is 5.97 Å². The summed E-state index contributed by atoms with van der Waals surface area (Å²) in [5.74, 6) is -1.07. The van der Waals surface area contributed by atoms with Crippen LogP contribution < -0.4 is 5.32 Å². The lowest BCUT2D eigenvalue weighted by Crippen LogP contribution is -2.24. The third-order valence-corrected chi connectivity index (χ3v) is 4.45. The van der Waals surface area contributed by atoms with E-state index in [4.69, 9.17) is 4.74 Å². The van der Waals surface area contributed by atoms with Crippen molar-refractivity contribution in [3.05, 3.63) is 71.9 Å². The number of Topliss-reactive ketones (excluding diaryl/α,β-unsaturated/α-hetero) is 1. The van der Waals surface area contributed by atoms with Crippen molar-refractivity contribution in [1.29, 1.82) is 0 Å². The van der Waals surface area contributed by atoms with Gasteiger partial charge in [0.15, 0.2) is 6.10 Å². The molecule has 0 saturated carbocycles. The summed E-state index contributed by atoms with van der Waals surface area (Å²) in [5.41, 5.74) is 2.65. The lowest BCUT2D eigenvalue weighted by Gasteiger charge is -2.12. The average Bonchev–Trinajstić information content (AvgIpc) is 3.25. The van der Waals surface area contributed by atoms with Crippen molar-refractivity contribution in [3.8, 4) is 11.3 Å². The van der Waals surface area contributed by atoms with Crippen LogP contribution in [-0.2, 0) is 9.53 Å². The first-order valence-corrected chi connectivity index (χ1v) is 9.74. The van der Waals surface area contributed by atoms with Crippen molar-refractivity contribution in [2.75, 3.05) is 5.32 Å². The molecule has 2 N–H and O–H groups in total. The molecule has 7 nitrogen and oxygen atoms in total. The Morgan fingerprint density at radius 3 is 2.43 bits per heavy atom. The molecule has 0 aliphatic heterocycles. The highest BCUT2D eigenvalue weighted by Crippen LogP contribution is 2.18. The van der Waals surface area contributed by atoms with Crippen LogP contribution in [0.2, 0.25) is 0 Å². The van der Waals surface area contributed by atoms with Crippen molar-refractivity contribution < 1.29 is 19.1 Å². The summed E-state index contributed by atoms with van der Waals surface area (Å²) in [6, 6.07) is 17.5. The minimum Gasteiger partial charge on any atom is -0.450 e. The van der Waals surface area contributed by atoms with Gasteiger partial charge in [-0.3, -0.25) is 14.7 Å². The standard InChI is InChI=1S/C23H23N3O4/c1-3-7-21(27)24-18-12-10-17(11-13-18)22(28)15(2)30-23(29)20-14-19(25-26-20)16-8-5-4-6-9-16/h4-6,8-15H,3,7H2,1-2H3,(H,24,27)(H,25,26). The van der Waals surface area contributed by atoms with Crippen molar-refractivity contribution in [2.24, 2.45) is 0 Å². The second-order valence-electron chi connectivity index (χ2n) is 6.82. The van der Waals surface area contributed by atoms with Gasteiger partial charge in [0.2, 0.25) is 11.7 Å². The lowest BCUT2D eigenvalue weighted by molar-refractivity contribution is -0.116. The highest BCUT2D eigenvalue weighted by atomic mass is 16.5. The van der Waals surface area contributed by atoms with Crippen LogP contribution in [0.25, 0.3) is 11.3 Å². The molecule has 0 saturated heterocycles. The van der Waals surface area contributed by atoms with Crippen LogP contribution in [0, 0.1) is 0 Å². The maximum absolute atomic E-state index is 12.6. The van der Waals surface area contributed by atoms with Crippen LogP contribution in [-0.4, -0.2) is 34.0 Å². The summed E-state index contributed by atoms with van der Waals surface area (Å²) < 4.78 is 5.30. The zero-order valence-corrected chi connectivity index (χ0v) is 16.8. The van der Waals surface area contributed by atoms with E-state index in [2.05, 4.69) is 15.5 Å². The van der Waals surface area contributed by atoms with E-state index in [1.54, 1.807) is 30.3 Å². The van der Waals surface area contributed by atoms with E-state index >= 15 is 0 Å². The summed E-state index contributed by atoms with van der Waals surface area (Å²) in [6.45, 7) is 3.45. The Hall–Kier alpha value is -3.74. The fourth-order valence-corrected chi connectivity index (χ4v) is 2.86. The first-order chi connectivity index (χ1) is 14.5. The van der Waals surface area contributed by atoms with Crippen LogP contribution in [0.5, 0.6) is 0 Å². The number of hydrogen-bond acceptors (Lipinski definition) is 5. The predicted octanol–water partition coefficient (Wildman–Crippen LogP) is 4.24. The van der Waals surface area contributed by atoms with E-state index in [0.29, 0.717) is 23.4 Å². The van der Waals surface area contributed by atoms with Gasteiger partial charge in [-0.25, -0.2) is 4.79 Å². The molecule has 0 bridgehead atoms. The molecular formula is C23H23N3O4. The number of esters is 1. The van der Waals surface area contributed by atoms with Crippen molar-refractivity contribution in [3.63, 3.8) is 0 Å². The summed E-state index contributed by atoms with van der Waals surface area (Å²) in [7, 11) is 0. The van der Waals surface area contributed by atoms with Gasteiger partial charge in [-0.05, 0) is 43.7 Å². The second kappa shape index (κ2) is 9.65. The Morgan fingerprint density at radius 1 is 1.07 bits per heavy atom. The number of carbonyl (C=O) groups is 3. The average molecular weight is 405 g/mol. The van der Waals surface area contributed by atoms with Gasteiger partial charge in [-0.15, -0.1) is 0 Å². The summed E-state index contributed by atoms with van der Waals surface area (Å²) in [6.07, 6.45) is 0.225. The number of anilines is 1. The lowest BCUT2D eigenvalue weighted by atomic mass is 10.1.